The lowest BCUT2D eigenvalue weighted by Crippen LogP contribution is -2.25. The van der Waals surface area contributed by atoms with Crippen LogP contribution in [0.2, 0.25) is 0 Å². The lowest BCUT2D eigenvalue weighted by Gasteiger charge is -2.17. The number of pyridine rings is 2. The van der Waals surface area contributed by atoms with Crippen LogP contribution < -0.4 is 11.1 Å². The normalized spacial score (nSPS) is 23.2. The van der Waals surface area contributed by atoms with E-state index < -0.39 is 0 Å². The summed E-state index contributed by atoms with van der Waals surface area (Å²) in [6.07, 6.45) is 9.45. The quantitative estimate of drug-likeness (QED) is 0.411. The van der Waals surface area contributed by atoms with E-state index in [9.17, 15) is 0 Å². The molecule has 7 heteroatoms. The second-order valence-electron chi connectivity index (χ2n) is 11.0. The van der Waals surface area contributed by atoms with Crippen LogP contribution in [0.15, 0.2) is 73.0 Å². The zero-order valence-corrected chi connectivity index (χ0v) is 21.7. The van der Waals surface area contributed by atoms with Gasteiger partial charge >= 0.3 is 0 Å². The highest BCUT2D eigenvalue weighted by Crippen LogP contribution is 2.33. The highest BCUT2D eigenvalue weighted by molar-refractivity contribution is 5.85. The molecule has 7 nitrogen and oxygen atoms in total. The second-order valence-corrected chi connectivity index (χ2v) is 11.0. The number of hydrogen-bond acceptors (Lipinski definition) is 6. The zero-order chi connectivity index (χ0) is 25.6. The molecule has 38 heavy (non-hydrogen) atoms. The number of anilines is 1. The summed E-state index contributed by atoms with van der Waals surface area (Å²) in [7, 11) is 0. The Morgan fingerprint density at radius 1 is 1.00 bits per heavy atom. The summed E-state index contributed by atoms with van der Waals surface area (Å²) in [6.45, 7) is 7.92. The van der Waals surface area contributed by atoms with E-state index in [1.54, 1.807) is 6.20 Å². The van der Waals surface area contributed by atoms with Crippen molar-refractivity contribution >= 4 is 22.6 Å². The summed E-state index contributed by atoms with van der Waals surface area (Å²) >= 11 is 0. The first-order valence-corrected chi connectivity index (χ1v) is 13.6. The molecule has 2 fully saturated rings. The lowest BCUT2D eigenvalue weighted by molar-refractivity contribution is 0.305. The summed E-state index contributed by atoms with van der Waals surface area (Å²) < 4.78 is 2.12. The molecule has 0 spiro atoms. The van der Waals surface area contributed by atoms with Crippen molar-refractivity contribution in [3.05, 3.63) is 84.2 Å². The third kappa shape index (κ3) is 4.22. The van der Waals surface area contributed by atoms with Crippen molar-refractivity contribution < 1.29 is 0 Å². The molecule has 3 aliphatic rings. The van der Waals surface area contributed by atoms with Crippen LogP contribution in [0.4, 0.5) is 5.82 Å². The number of benzene rings is 1. The monoisotopic (exact) mass is 503 g/mol. The molecule has 0 amide bonds. The number of rotatable bonds is 5. The third-order valence-electron chi connectivity index (χ3n) is 8.26. The van der Waals surface area contributed by atoms with Crippen LogP contribution in [0, 0.1) is 17.8 Å². The van der Waals surface area contributed by atoms with Crippen molar-refractivity contribution in [3.8, 4) is 17.1 Å². The van der Waals surface area contributed by atoms with Crippen molar-refractivity contribution in [1.82, 2.24) is 29.7 Å². The molecular weight excluding hydrogens is 470 g/mol. The fourth-order valence-corrected chi connectivity index (χ4v) is 6.16. The Bertz CT molecular complexity index is 1540. The standard InChI is InChI=1S/C31H33N7/c1-20-4-8-22(9-5-20)27-12-13-28-31(35-27)38(30(36-28)26-3-2-14-34-29(26)32)25-10-6-21(7-11-25)17-37-18-23-15-33-16-24(23)19-37/h2-4,6-14,20,23-24,33H,5,15-19H2,1H3,(H2,32,34). The fraction of sp³-hybridized carbons (Fsp3) is 0.323. The molecule has 2 saturated heterocycles. The van der Waals surface area contributed by atoms with Crippen molar-refractivity contribution in [2.75, 3.05) is 31.9 Å². The van der Waals surface area contributed by atoms with Gasteiger partial charge in [0.2, 0.25) is 0 Å². The van der Waals surface area contributed by atoms with Gasteiger partial charge in [0.25, 0.3) is 0 Å². The molecule has 3 aromatic heterocycles. The molecule has 1 aliphatic carbocycles. The average molecular weight is 504 g/mol. The lowest BCUT2D eigenvalue weighted by atomic mass is 9.97. The Labute approximate surface area is 223 Å². The number of nitrogens with zero attached hydrogens (tertiary/aromatic N) is 5. The molecule has 192 valence electrons. The molecule has 5 heterocycles. The topological polar surface area (TPSA) is 84.9 Å². The first-order chi connectivity index (χ1) is 18.6. The number of nitrogens with one attached hydrogen (secondary N) is 1. The Morgan fingerprint density at radius 3 is 2.55 bits per heavy atom. The minimum absolute atomic E-state index is 0.460. The van der Waals surface area contributed by atoms with Gasteiger partial charge in [-0.3, -0.25) is 9.47 Å². The molecule has 4 aromatic rings. The van der Waals surface area contributed by atoms with Gasteiger partial charge < -0.3 is 11.1 Å². The maximum Gasteiger partial charge on any atom is 0.165 e. The van der Waals surface area contributed by atoms with Crippen LogP contribution in [-0.4, -0.2) is 50.6 Å². The minimum Gasteiger partial charge on any atom is -0.383 e. The van der Waals surface area contributed by atoms with Gasteiger partial charge in [-0.05, 0) is 84.8 Å². The number of aromatic nitrogens is 4. The van der Waals surface area contributed by atoms with Crippen molar-refractivity contribution in [1.29, 1.82) is 0 Å². The number of hydrogen-bond donors (Lipinski definition) is 2. The molecule has 0 radical (unpaired) electrons. The molecular formula is C31H33N7. The molecule has 1 aromatic carbocycles. The Morgan fingerprint density at radius 2 is 1.82 bits per heavy atom. The van der Waals surface area contributed by atoms with Crippen molar-refractivity contribution in [2.45, 2.75) is 19.9 Å². The van der Waals surface area contributed by atoms with Gasteiger partial charge in [0.05, 0.1) is 11.3 Å². The van der Waals surface area contributed by atoms with Gasteiger partial charge in [-0.2, -0.15) is 0 Å². The van der Waals surface area contributed by atoms with Crippen LogP contribution in [0.3, 0.4) is 0 Å². The van der Waals surface area contributed by atoms with Crippen molar-refractivity contribution in [3.63, 3.8) is 0 Å². The van der Waals surface area contributed by atoms with Crippen LogP contribution in [0.1, 0.15) is 24.6 Å². The van der Waals surface area contributed by atoms with E-state index in [-0.39, 0.29) is 0 Å². The number of nitrogen functional groups attached to an aromatic ring is 1. The fourth-order valence-electron chi connectivity index (χ4n) is 6.16. The number of nitrogens with two attached hydrogens (primary N) is 1. The smallest absolute Gasteiger partial charge is 0.165 e. The van der Waals surface area contributed by atoms with Gasteiger partial charge in [0, 0.05) is 31.5 Å². The van der Waals surface area contributed by atoms with Gasteiger partial charge in [0.1, 0.15) is 11.3 Å². The SMILES string of the molecule is CC1C=CC(c2ccc3nc(-c4cccnc4N)n(-c4ccc(CN5CC6CNCC6C5)cc4)c3n2)=CC1. The molecule has 7 rings (SSSR count). The van der Waals surface area contributed by atoms with E-state index in [1.165, 1.54) is 18.7 Å². The Kier molecular flexibility index (Phi) is 5.82. The van der Waals surface area contributed by atoms with E-state index in [0.29, 0.717) is 11.7 Å². The predicted octanol–water partition coefficient (Wildman–Crippen LogP) is 4.70. The minimum atomic E-state index is 0.460. The third-order valence-corrected chi connectivity index (χ3v) is 8.26. The number of allylic oxidation sites excluding steroid dienone is 4. The number of likely N-dealkylation sites (tertiary alicyclic amines) is 1. The summed E-state index contributed by atoms with van der Waals surface area (Å²) in [4.78, 5) is 17.0. The molecule has 2 aliphatic heterocycles. The van der Waals surface area contributed by atoms with Crippen LogP contribution >= 0.6 is 0 Å². The van der Waals surface area contributed by atoms with Gasteiger partial charge in [-0.25, -0.2) is 15.0 Å². The van der Waals surface area contributed by atoms with E-state index >= 15 is 0 Å². The number of fused-ring (bicyclic) bond motifs is 2. The van der Waals surface area contributed by atoms with Crippen LogP contribution in [0.5, 0.6) is 0 Å². The zero-order valence-electron chi connectivity index (χ0n) is 21.7. The van der Waals surface area contributed by atoms with Gasteiger partial charge in [0.15, 0.2) is 11.5 Å². The molecule has 0 bridgehead atoms. The van der Waals surface area contributed by atoms with E-state index in [0.717, 1.165) is 77.4 Å². The van der Waals surface area contributed by atoms with Gasteiger partial charge in [-0.1, -0.05) is 37.3 Å². The molecule has 3 N–H and O–H groups in total. The van der Waals surface area contributed by atoms with E-state index in [1.807, 2.05) is 12.1 Å². The largest absolute Gasteiger partial charge is 0.383 e. The summed E-state index contributed by atoms with van der Waals surface area (Å²) in [5.41, 5.74) is 13.2. The highest BCUT2D eigenvalue weighted by atomic mass is 15.2. The number of imidazole rings is 1. The summed E-state index contributed by atoms with van der Waals surface area (Å²) in [6, 6.07) is 16.8. The first kappa shape index (κ1) is 23.3. The highest BCUT2D eigenvalue weighted by Gasteiger charge is 2.35. The van der Waals surface area contributed by atoms with E-state index in [2.05, 4.69) is 81.3 Å². The second kappa shape index (κ2) is 9.49. The van der Waals surface area contributed by atoms with E-state index in [4.69, 9.17) is 15.7 Å². The molecule has 3 unspecified atom stereocenters. The maximum absolute atomic E-state index is 6.32. The van der Waals surface area contributed by atoms with Crippen molar-refractivity contribution in [2.24, 2.45) is 17.8 Å². The first-order valence-electron chi connectivity index (χ1n) is 13.6. The average Bonchev–Trinajstić information content (AvgIpc) is 3.63. The van der Waals surface area contributed by atoms with Crippen LogP contribution in [-0.2, 0) is 6.54 Å². The van der Waals surface area contributed by atoms with Gasteiger partial charge in [-0.15, -0.1) is 0 Å². The Hall–Kier alpha value is -3.81. The summed E-state index contributed by atoms with van der Waals surface area (Å²) in [5.74, 6) is 3.38. The van der Waals surface area contributed by atoms with Crippen LogP contribution in [0.25, 0.3) is 33.8 Å². The predicted molar refractivity (Wildman–Crippen MR) is 153 cm³/mol. The summed E-state index contributed by atoms with van der Waals surface area (Å²) in [5, 5.41) is 3.53. The Balaban J connectivity index is 1.27. The molecule has 3 atom stereocenters. The maximum atomic E-state index is 6.32. The molecule has 0 saturated carbocycles.